The molecule has 0 saturated heterocycles. The van der Waals surface area contributed by atoms with Crippen LogP contribution in [0.25, 0.3) is 0 Å². The standard InChI is InChI=1S/C25H21F6NO5S/c1-36-12-11-32(23(33)18-6-3-7-19(14-18)24(26,27)28)16-17-5-2-9-21(13-17)37-38(34,35)22-10-4-8-20(15-22)25(29,30)31/h2-10,13-15H,11-12,16H2,1H3. The van der Waals surface area contributed by atoms with Crippen molar-refractivity contribution < 1.29 is 48.5 Å². The van der Waals surface area contributed by atoms with Crippen molar-refractivity contribution in [2.75, 3.05) is 20.3 Å². The Morgan fingerprint density at radius 1 is 0.842 bits per heavy atom. The first-order valence-corrected chi connectivity index (χ1v) is 12.3. The van der Waals surface area contributed by atoms with E-state index in [1.54, 1.807) is 0 Å². The largest absolute Gasteiger partial charge is 0.416 e. The number of hydrogen-bond donors (Lipinski definition) is 0. The van der Waals surface area contributed by atoms with E-state index >= 15 is 0 Å². The molecular weight excluding hydrogens is 540 g/mol. The Balaban J connectivity index is 1.84. The van der Waals surface area contributed by atoms with E-state index in [9.17, 15) is 39.6 Å². The molecule has 0 saturated carbocycles. The molecule has 0 heterocycles. The van der Waals surface area contributed by atoms with E-state index in [4.69, 9.17) is 8.92 Å². The fourth-order valence-electron chi connectivity index (χ4n) is 3.38. The van der Waals surface area contributed by atoms with Crippen molar-refractivity contribution in [1.29, 1.82) is 0 Å². The Labute approximate surface area is 214 Å². The lowest BCUT2D eigenvalue weighted by molar-refractivity contribution is -0.138. The molecule has 0 fully saturated rings. The van der Waals surface area contributed by atoms with Gasteiger partial charge in [-0.2, -0.15) is 34.8 Å². The highest BCUT2D eigenvalue weighted by atomic mass is 32.2. The predicted molar refractivity (Wildman–Crippen MR) is 124 cm³/mol. The van der Waals surface area contributed by atoms with Gasteiger partial charge in [-0.1, -0.05) is 24.3 Å². The van der Waals surface area contributed by atoms with Gasteiger partial charge < -0.3 is 13.8 Å². The Kier molecular flexibility index (Phi) is 8.72. The van der Waals surface area contributed by atoms with Crippen LogP contribution >= 0.6 is 0 Å². The average Bonchev–Trinajstić information content (AvgIpc) is 2.85. The Morgan fingerprint density at radius 3 is 2.08 bits per heavy atom. The second-order valence-corrected chi connectivity index (χ2v) is 9.55. The van der Waals surface area contributed by atoms with E-state index < -0.39 is 44.4 Å². The Bertz CT molecular complexity index is 1390. The van der Waals surface area contributed by atoms with Gasteiger partial charge in [-0.3, -0.25) is 4.79 Å². The minimum absolute atomic E-state index is 0.000797. The molecule has 0 aliphatic heterocycles. The van der Waals surface area contributed by atoms with Crippen LogP contribution in [0, 0.1) is 0 Å². The van der Waals surface area contributed by atoms with Crippen molar-refractivity contribution in [2.45, 2.75) is 23.8 Å². The zero-order valence-corrected chi connectivity index (χ0v) is 20.5. The highest BCUT2D eigenvalue weighted by Gasteiger charge is 2.33. The number of carbonyl (C=O) groups is 1. The van der Waals surface area contributed by atoms with Crippen LogP contribution in [-0.2, 0) is 33.8 Å². The summed E-state index contributed by atoms with van der Waals surface area (Å²) < 4.78 is 113. The smallest absolute Gasteiger partial charge is 0.383 e. The van der Waals surface area contributed by atoms with Gasteiger partial charge in [-0.25, -0.2) is 0 Å². The maximum absolute atomic E-state index is 13.1. The first-order chi connectivity index (χ1) is 17.7. The van der Waals surface area contributed by atoms with Crippen LogP contribution in [0.3, 0.4) is 0 Å². The third-order valence-corrected chi connectivity index (χ3v) is 6.46. The van der Waals surface area contributed by atoms with Crippen molar-refractivity contribution in [3.63, 3.8) is 0 Å². The number of nitrogens with zero attached hydrogens (tertiary/aromatic N) is 1. The van der Waals surface area contributed by atoms with Crippen molar-refractivity contribution in [3.05, 3.63) is 95.1 Å². The van der Waals surface area contributed by atoms with Crippen LogP contribution in [-0.4, -0.2) is 39.5 Å². The molecule has 0 aromatic heterocycles. The molecule has 0 spiro atoms. The fourth-order valence-corrected chi connectivity index (χ4v) is 4.35. The first-order valence-electron chi connectivity index (χ1n) is 10.9. The van der Waals surface area contributed by atoms with Gasteiger partial charge >= 0.3 is 22.5 Å². The van der Waals surface area contributed by atoms with Gasteiger partial charge in [0.2, 0.25) is 0 Å². The molecule has 0 aliphatic carbocycles. The number of benzene rings is 3. The van der Waals surface area contributed by atoms with Gasteiger partial charge in [0.05, 0.1) is 17.7 Å². The number of methoxy groups -OCH3 is 1. The van der Waals surface area contributed by atoms with Gasteiger partial charge in [-0.15, -0.1) is 0 Å². The minimum Gasteiger partial charge on any atom is -0.383 e. The van der Waals surface area contributed by atoms with Crippen LogP contribution in [0.2, 0.25) is 0 Å². The predicted octanol–water partition coefficient (Wildman–Crippen LogP) is 5.78. The van der Waals surface area contributed by atoms with Crippen LogP contribution in [0.5, 0.6) is 5.75 Å². The van der Waals surface area contributed by atoms with Crippen LogP contribution < -0.4 is 4.18 Å². The second-order valence-electron chi connectivity index (χ2n) is 8.01. The molecule has 0 radical (unpaired) electrons. The summed E-state index contributed by atoms with van der Waals surface area (Å²) in [5.74, 6) is -0.964. The summed E-state index contributed by atoms with van der Waals surface area (Å²) in [7, 11) is -3.27. The normalized spacial score (nSPS) is 12.3. The van der Waals surface area contributed by atoms with Gasteiger partial charge in [0.25, 0.3) is 5.91 Å². The van der Waals surface area contributed by atoms with Crippen molar-refractivity contribution in [2.24, 2.45) is 0 Å². The number of rotatable bonds is 9. The lowest BCUT2D eigenvalue weighted by Gasteiger charge is -2.23. The second kappa shape index (κ2) is 11.4. The maximum Gasteiger partial charge on any atom is 0.416 e. The third-order valence-electron chi connectivity index (χ3n) is 5.22. The lowest BCUT2D eigenvalue weighted by atomic mass is 10.1. The zero-order valence-electron chi connectivity index (χ0n) is 19.7. The molecule has 0 atom stereocenters. The van der Waals surface area contributed by atoms with E-state index in [1.165, 1.54) is 42.3 Å². The van der Waals surface area contributed by atoms with E-state index in [0.717, 1.165) is 36.4 Å². The number of alkyl halides is 6. The monoisotopic (exact) mass is 561 g/mol. The molecule has 3 aromatic rings. The molecular formula is C25H21F6NO5S. The molecule has 204 valence electrons. The molecule has 3 rings (SSSR count). The van der Waals surface area contributed by atoms with Gasteiger partial charge in [0, 0.05) is 25.8 Å². The zero-order chi connectivity index (χ0) is 28.1. The van der Waals surface area contributed by atoms with Crippen molar-refractivity contribution >= 4 is 16.0 Å². The molecule has 13 heteroatoms. The molecule has 6 nitrogen and oxygen atoms in total. The lowest BCUT2D eigenvalue weighted by Crippen LogP contribution is -2.33. The Hall–Kier alpha value is -3.58. The molecule has 3 aromatic carbocycles. The summed E-state index contributed by atoms with van der Waals surface area (Å²) in [6, 6.07) is 12.4. The molecule has 1 amide bonds. The van der Waals surface area contributed by atoms with Crippen molar-refractivity contribution in [1.82, 2.24) is 4.90 Å². The fraction of sp³-hybridized carbons (Fsp3) is 0.240. The molecule has 0 aliphatic rings. The number of amides is 1. The van der Waals surface area contributed by atoms with E-state index in [2.05, 4.69) is 0 Å². The van der Waals surface area contributed by atoms with E-state index in [1.807, 2.05) is 0 Å². The average molecular weight is 562 g/mol. The van der Waals surface area contributed by atoms with E-state index in [0.29, 0.717) is 11.6 Å². The van der Waals surface area contributed by atoms with Gasteiger partial charge in [-0.05, 0) is 54.1 Å². The van der Waals surface area contributed by atoms with Crippen LogP contribution in [0.4, 0.5) is 26.3 Å². The summed E-state index contributed by atoms with van der Waals surface area (Å²) in [4.78, 5) is 13.5. The number of carbonyl (C=O) groups excluding carboxylic acids is 1. The minimum atomic E-state index is -4.76. The molecule has 0 N–H and O–H groups in total. The summed E-state index contributed by atoms with van der Waals surface area (Å²) in [5, 5.41) is 0. The quantitative estimate of drug-likeness (QED) is 0.245. The third kappa shape index (κ3) is 7.48. The summed E-state index contributed by atoms with van der Waals surface area (Å²) >= 11 is 0. The van der Waals surface area contributed by atoms with Gasteiger partial charge in [0.15, 0.2) is 0 Å². The Morgan fingerprint density at radius 2 is 1.45 bits per heavy atom. The maximum atomic E-state index is 13.1. The summed E-state index contributed by atoms with van der Waals surface area (Å²) in [5.41, 5.74) is -2.03. The highest BCUT2D eigenvalue weighted by Crippen LogP contribution is 2.32. The van der Waals surface area contributed by atoms with E-state index in [-0.39, 0.29) is 31.0 Å². The van der Waals surface area contributed by atoms with Gasteiger partial charge in [0.1, 0.15) is 10.6 Å². The van der Waals surface area contributed by atoms with Crippen LogP contribution in [0.15, 0.2) is 77.7 Å². The number of ether oxygens (including phenoxy) is 1. The highest BCUT2D eigenvalue weighted by molar-refractivity contribution is 7.87. The van der Waals surface area contributed by atoms with Crippen LogP contribution in [0.1, 0.15) is 27.0 Å². The molecule has 0 bridgehead atoms. The SMILES string of the molecule is COCCN(Cc1cccc(OS(=O)(=O)c2cccc(C(F)(F)F)c2)c1)C(=O)c1cccc(C(F)(F)F)c1. The summed E-state index contributed by atoms with van der Waals surface area (Å²) in [6.45, 7) is -0.0940. The topological polar surface area (TPSA) is 72.9 Å². The van der Waals surface area contributed by atoms with Crippen molar-refractivity contribution in [3.8, 4) is 5.75 Å². The summed E-state index contributed by atoms with van der Waals surface area (Å²) in [6.07, 6.45) is -9.41. The first kappa shape index (κ1) is 29.0. The number of hydrogen-bond acceptors (Lipinski definition) is 5. The number of halogens is 6. The molecule has 38 heavy (non-hydrogen) atoms. The molecule has 0 unspecified atom stereocenters.